The monoisotopic (exact) mass is 1020 g/mol. The minimum atomic E-state index is -0.772. The molecule has 8 heteroatoms. The zero-order valence-electron chi connectivity index (χ0n) is 58.7. The number of nitriles is 2. The molecule has 0 saturated heterocycles. The summed E-state index contributed by atoms with van der Waals surface area (Å²) in [6.45, 7) is 0. The van der Waals surface area contributed by atoms with Crippen LogP contribution in [0, 0.1) is 22.7 Å². The van der Waals surface area contributed by atoms with Crippen molar-refractivity contribution in [1.82, 2.24) is 18.3 Å². The van der Waals surface area contributed by atoms with Crippen molar-refractivity contribution in [3.8, 4) is 34.9 Å². The van der Waals surface area contributed by atoms with Gasteiger partial charge in [-0.25, -0.2) is 0 Å². The lowest BCUT2D eigenvalue weighted by Crippen LogP contribution is -2.16. The molecule has 0 aliphatic rings. The van der Waals surface area contributed by atoms with Crippen molar-refractivity contribution in [3.05, 3.63) is 229 Å². The molecule has 0 bridgehead atoms. The molecule has 11 aromatic carbocycles. The fourth-order valence-corrected chi connectivity index (χ4v) is 13.9. The van der Waals surface area contributed by atoms with E-state index < -0.39 is 132 Å². The second kappa shape index (κ2) is 15.3. The lowest BCUT2D eigenvalue weighted by Gasteiger charge is -2.27. The molecule has 0 radical (unpaired) electrons. The van der Waals surface area contributed by atoms with Crippen LogP contribution in [0.2, 0.25) is 0 Å². The van der Waals surface area contributed by atoms with Crippen molar-refractivity contribution >= 4 is 150 Å². The van der Waals surface area contributed by atoms with Crippen molar-refractivity contribution in [2.45, 2.75) is 0 Å². The first kappa shape index (κ1) is 26.8. The largest absolute Gasteiger partial charge is 0.306 e. The van der Waals surface area contributed by atoms with E-state index in [1.54, 1.807) is 81.9 Å². The molecular weight excluding hydrogens is 965 g/mol. The molecule has 0 saturated carbocycles. The molecule has 0 spiro atoms. The second-order valence-electron chi connectivity index (χ2n) is 18.2. The lowest BCUT2D eigenvalue weighted by atomic mass is 9.98. The first-order chi connectivity index (χ1) is 46.0. The number of nitrogens with zero attached hydrogens (tertiary/aromatic N) is 6. The number of fused-ring (bicyclic) bond motifs is 20. The highest BCUT2D eigenvalue weighted by atomic mass is 32.1. The van der Waals surface area contributed by atoms with Gasteiger partial charge in [-0.1, -0.05) is 169 Å². The highest BCUT2D eigenvalue weighted by Gasteiger charge is 2.35. The van der Waals surface area contributed by atoms with Crippen LogP contribution >= 0.6 is 22.7 Å². The van der Waals surface area contributed by atoms with Crippen LogP contribution in [-0.2, 0) is 0 Å². The van der Waals surface area contributed by atoms with Gasteiger partial charge in [-0.15, -0.1) is 22.7 Å². The summed E-state index contributed by atoms with van der Waals surface area (Å²) in [7, 11) is 0. The molecule has 0 fully saturated rings. The van der Waals surface area contributed by atoms with Crippen LogP contribution in [0.15, 0.2) is 218 Å². The molecule has 0 N–H and O–H groups in total. The molecule has 17 aromatic rings. The summed E-state index contributed by atoms with van der Waals surface area (Å²) in [6.07, 6.45) is 0. The quantitative estimate of drug-likeness (QED) is 0.176. The maximum atomic E-state index is 13.1. The molecule has 0 amide bonds. The third-order valence-corrected chi connectivity index (χ3v) is 16.8. The summed E-state index contributed by atoms with van der Waals surface area (Å²) in [5, 5.41) is 27.0. The first-order valence-electron chi connectivity index (χ1n) is 33.8. The molecule has 0 atom stereocenters. The highest BCUT2D eigenvalue weighted by molar-refractivity contribution is 7.27. The normalized spacial score (nSPS) is 15.9. The van der Waals surface area contributed by atoms with E-state index in [4.69, 9.17) is 5.48 Å². The molecule has 6 heterocycles. The molecule has 350 valence electrons. The van der Waals surface area contributed by atoms with E-state index in [1.165, 1.54) is 9.13 Å². The minimum Gasteiger partial charge on any atom is -0.306 e. The topological polar surface area (TPSA) is 67.3 Å². The third-order valence-electron chi connectivity index (χ3n) is 14.6. The summed E-state index contributed by atoms with van der Waals surface area (Å²) < 4.78 is 196. The summed E-state index contributed by atoms with van der Waals surface area (Å²) >= 11 is 1.62. The number of thiophene rings is 2. The average Bonchev–Trinajstić information content (AvgIpc) is 1.49. The Morgan fingerprint density at radius 2 is 0.618 bits per heavy atom. The van der Waals surface area contributed by atoms with Crippen molar-refractivity contribution in [1.29, 1.82) is 10.5 Å². The van der Waals surface area contributed by atoms with Gasteiger partial charge in [0.05, 0.1) is 104 Å². The molecule has 6 nitrogen and oxygen atoms in total. The Morgan fingerprint density at radius 3 is 1.00 bits per heavy atom. The van der Waals surface area contributed by atoms with Crippen molar-refractivity contribution in [2.24, 2.45) is 0 Å². The molecule has 0 aliphatic heterocycles. The van der Waals surface area contributed by atoms with E-state index in [-0.39, 0.29) is 107 Å². The van der Waals surface area contributed by atoms with E-state index >= 15 is 0 Å². The van der Waals surface area contributed by atoms with Gasteiger partial charge in [0.2, 0.25) is 0 Å². The lowest BCUT2D eigenvalue weighted by molar-refractivity contribution is 1.03. The summed E-state index contributed by atoms with van der Waals surface area (Å²) in [6, 6.07) is 20.8. The van der Waals surface area contributed by atoms with Gasteiger partial charge >= 0.3 is 0 Å². The molecule has 76 heavy (non-hydrogen) atoms. The van der Waals surface area contributed by atoms with Gasteiger partial charge < -0.3 is 18.3 Å². The molecule has 0 aliphatic carbocycles. The van der Waals surface area contributed by atoms with E-state index in [0.29, 0.717) is 43.6 Å². The SMILES string of the molecule is [2H]c1c([2H])c([2H])c2c(sc3c2c([2H])c([2H])c2c4c([2H])c([2H])c([2H])c([2H])c4n(-c4c(C#N)c(-n5c6ccccc6c6ccccc65)c(-n5c6c([2H])c([2H])c([2H])c([2H])c6c6c([2H])c([2H])c7c(sc8c([2H])c([2H])c([2H])c([2H])c87)c65)c(C#N)c4-n4c5ccccc5c5ccccc54)c32)c1[2H]. The Labute approximate surface area is 468 Å². The van der Waals surface area contributed by atoms with Gasteiger partial charge in [-0.3, -0.25) is 0 Å². The Kier molecular flexibility index (Phi) is 5.40. The third kappa shape index (κ3) is 5.26. The summed E-state index contributed by atoms with van der Waals surface area (Å²) in [4.78, 5) is 0. The van der Waals surface area contributed by atoms with Crippen molar-refractivity contribution < 1.29 is 27.4 Å². The first-order valence-corrected chi connectivity index (χ1v) is 25.4. The van der Waals surface area contributed by atoms with Gasteiger partial charge in [-0.05, 0) is 48.4 Å². The second-order valence-corrected chi connectivity index (χ2v) is 20.2. The Balaban J connectivity index is 1.27. The minimum absolute atomic E-state index is 0.00644. The smallest absolute Gasteiger partial charge is 0.104 e. The zero-order chi connectivity index (χ0) is 67.3. The molecule has 0 unspecified atom stereocenters. The average molecular weight is 1020 g/mol. The van der Waals surface area contributed by atoms with E-state index in [0.717, 1.165) is 22.7 Å². The highest BCUT2D eigenvalue weighted by Crippen LogP contribution is 2.52. The number of hydrogen-bond acceptors (Lipinski definition) is 4. The number of para-hydroxylation sites is 6. The Morgan fingerprint density at radius 1 is 0.303 bits per heavy atom. The number of aromatic nitrogens is 4. The van der Waals surface area contributed by atoms with Crippen LogP contribution in [0.4, 0.5) is 0 Å². The van der Waals surface area contributed by atoms with Gasteiger partial charge in [-0.2, -0.15) is 10.5 Å². The van der Waals surface area contributed by atoms with Crippen LogP contribution < -0.4 is 0 Å². The van der Waals surface area contributed by atoms with Gasteiger partial charge in [0.25, 0.3) is 0 Å². The van der Waals surface area contributed by atoms with E-state index in [9.17, 15) is 32.5 Å². The van der Waals surface area contributed by atoms with Gasteiger partial charge in [0.15, 0.2) is 0 Å². The fraction of sp³-hybridized carbons (Fsp3) is 0. The van der Waals surface area contributed by atoms with Crippen LogP contribution in [0.5, 0.6) is 0 Å². The molecule has 17 rings (SSSR count). The van der Waals surface area contributed by atoms with Crippen molar-refractivity contribution in [2.75, 3.05) is 0 Å². The predicted molar refractivity (Wildman–Crippen MR) is 319 cm³/mol. The maximum absolute atomic E-state index is 13.1. The van der Waals surface area contributed by atoms with Crippen LogP contribution in [0.3, 0.4) is 0 Å². The predicted octanol–water partition coefficient (Wildman–Crippen LogP) is 18.6. The fourth-order valence-electron chi connectivity index (χ4n) is 11.7. The van der Waals surface area contributed by atoms with E-state index in [1.807, 2.05) is 24.3 Å². The number of hydrogen-bond donors (Lipinski definition) is 0. The van der Waals surface area contributed by atoms with Crippen LogP contribution in [0.1, 0.15) is 38.5 Å². The molecular formula is C68H36N6S2. The Bertz CT molecular complexity index is 6250. The van der Waals surface area contributed by atoms with Crippen molar-refractivity contribution in [3.63, 3.8) is 0 Å². The van der Waals surface area contributed by atoms with Crippen LogP contribution in [-0.4, -0.2) is 18.3 Å². The summed E-state index contributed by atoms with van der Waals surface area (Å²) in [5.41, 5.74) is -1.36. The van der Waals surface area contributed by atoms with Gasteiger partial charge in [0, 0.05) is 74.0 Å². The zero-order valence-corrected chi connectivity index (χ0v) is 40.4. The maximum Gasteiger partial charge on any atom is 0.104 e. The number of rotatable bonds is 4. The van der Waals surface area contributed by atoms with Crippen LogP contribution in [0.25, 0.3) is 150 Å². The molecule has 6 aromatic heterocycles. The summed E-state index contributed by atoms with van der Waals surface area (Å²) in [5.74, 6) is 0. The van der Waals surface area contributed by atoms with E-state index in [2.05, 4.69) is 12.1 Å². The standard InChI is InChI=1S/C68H36N6S2/c69-37-51-61(71-53-25-9-1-17-39(53)40-18-2-10-26-54(40)71)63(73-57-29-13-5-21-43(57)47-33-35-49-45-23-7-15-31-59(45)75-67(49)65(47)73)52(38-70)62(72-55-27-11-3-19-41(55)42-20-4-12-28-56(42)72)64(51)74-58-30-14-6-22-44(58)48-34-36-50-46-24-8-16-32-60(46)76-68(50)66(48)74/h1-36H/i5D,6D,7D,8D,13D,14D,15D,16D,21D,22D,23D,24D,29D,30D,31D,32D,33D,34D,35D,36D. The number of benzene rings is 11. The Hall–Kier alpha value is -9.96. The van der Waals surface area contributed by atoms with Gasteiger partial charge in [0.1, 0.15) is 23.3 Å².